The van der Waals surface area contributed by atoms with Crippen LogP contribution in [0.25, 0.3) is 0 Å². The van der Waals surface area contributed by atoms with Crippen molar-refractivity contribution in [2.45, 2.75) is 32.6 Å². The third kappa shape index (κ3) is 3.51. The predicted octanol–water partition coefficient (Wildman–Crippen LogP) is 4.02. The molecule has 2 aromatic carbocycles. The number of rotatable bonds is 4. The maximum atomic E-state index is 12.4. The summed E-state index contributed by atoms with van der Waals surface area (Å²) >= 11 is 0. The highest BCUT2D eigenvalue weighted by Crippen LogP contribution is 2.27. The highest BCUT2D eigenvalue weighted by molar-refractivity contribution is 6.04. The first-order valence-electron chi connectivity index (χ1n) is 7.59. The lowest BCUT2D eigenvalue weighted by atomic mass is 9.81. The summed E-state index contributed by atoms with van der Waals surface area (Å²) in [5.74, 6) is -0.216. The molecule has 0 bridgehead atoms. The molecule has 0 saturated carbocycles. The summed E-state index contributed by atoms with van der Waals surface area (Å²) in [4.78, 5) is 12.4. The van der Waals surface area contributed by atoms with Crippen molar-refractivity contribution in [1.29, 1.82) is 5.26 Å². The number of carbonyl (C=O) groups is 1. The standard InChI is InChI=1S/C19H21N3O/c1-4-19(3,12-20)15-7-5-6-14(10-15)18(23)22-16-9-8-13(2)17(21)11-16/h5-11H,4,21H2,1-3H3,(H,22,23). The summed E-state index contributed by atoms with van der Waals surface area (Å²) in [7, 11) is 0. The lowest BCUT2D eigenvalue weighted by Gasteiger charge is -2.20. The zero-order valence-electron chi connectivity index (χ0n) is 13.7. The largest absolute Gasteiger partial charge is 0.398 e. The van der Waals surface area contributed by atoms with Gasteiger partial charge in [-0.15, -0.1) is 0 Å². The molecule has 0 heterocycles. The van der Waals surface area contributed by atoms with E-state index in [4.69, 9.17) is 5.73 Å². The summed E-state index contributed by atoms with van der Waals surface area (Å²) in [6.07, 6.45) is 0.684. The highest BCUT2D eigenvalue weighted by atomic mass is 16.1. The number of nitrogen functional groups attached to an aromatic ring is 1. The molecule has 2 aromatic rings. The molecular weight excluding hydrogens is 286 g/mol. The second-order valence-corrected chi connectivity index (χ2v) is 5.90. The number of anilines is 2. The first-order valence-corrected chi connectivity index (χ1v) is 7.59. The molecule has 0 saturated heterocycles. The molecule has 0 aliphatic rings. The van der Waals surface area contributed by atoms with Crippen molar-refractivity contribution < 1.29 is 4.79 Å². The second-order valence-electron chi connectivity index (χ2n) is 5.90. The van der Waals surface area contributed by atoms with Crippen LogP contribution in [0.15, 0.2) is 42.5 Å². The fraction of sp³-hybridized carbons (Fsp3) is 0.263. The Morgan fingerprint density at radius 2 is 2.04 bits per heavy atom. The predicted molar refractivity (Wildman–Crippen MR) is 93.2 cm³/mol. The van der Waals surface area contributed by atoms with Crippen molar-refractivity contribution in [3.05, 3.63) is 59.2 Å². The van der Waals surface area contributed by atoms with Gasteiger partial charge in [0.25, 0.3) is 5.91 Å². The Morgan fingerprint density at radius 3 is 2.65 bits per heavy atom. The average Bonchev–Trinajstić information content (AvgIpc) is 2.57. The number of amides is 1. The summed E-state index contributed by atoms with van der Waals surface area (Å²) in [5.41, 5.74) is 8.91. The number of nitriles is 1. The first kappa shape index (κ1) is 16.6. The Labute approximate surface area is 136 Å². The SMILES string of the molecule is CCC(C)(C#N)c1cccc(C(=O)Nc2ccc(C)c(N)c2)c1. The van der Waals surface area contributed by atoms with Gasteiger partial charge in [0.05, 0.1) is 11.5 Å². The number of nitrogens with two attached hydrogens (primary N) is 1. The number of hydrogen-bond donors (Lipinski definition) is 2. The van der Waals surface area contributed by atoms with Gasteiger partial charge in [0.15, 0.2) is 0 Å². The average molecular weight is 307 g/mol. The summed E-state index contributed by atoms with van der Waals surface area (Å²) in [5, 5.41) is 12.2. The molecule has 1 amide bonds. The van der Waals surface area contributed by atoms with Gasteiger partial charge < -0.3 is 11.1 Å². The van der Waals surface area contributed by atoms with Crippen LogP contribution < -0.4 is 11.1 Å². The molecule has 4 nitrogen and oxygen atoms in total. The lowest BCUT2D eigenvalue weighted by molar-refractivity contribution is 0.102. The van der Waals surface area contributed by atoms with Crippen molar-refractivity contribution in [1.82, 2.24) is 0 Å². The lowest BCUT2D eigenvalue weighted by Crippen LogP contribution is -2.19. The van der Waals surface area contributed by atoms with Gasteiger partial charge in [-0.1, -0.05) is 25.1 Å². The van der Waals surface area contributed by atoms with Crippen LogP contribution in [0.5, 0.6) is 0 Å². The van der Waals surface area contributed by atoms with Gasteiger partial charge in [-0.25, -0.2) is 0 Å². The molecule has 1 unspecified atom stereocenters. The van der Waals surface area contributed by atoms with E-state index >= 15 is 0 Å². The van der Waals surface area contributed by atoms with Crippen molar-refractivity contribution in [2.75, 3.05) is 11.1 Å². The van der Waals surface area contributed by atoms with Crippen LogP contribution in [0.1, 0.15) is 41.8 Å². The van der Waals surface area contributed by atoms with E-state index in [0.29, 0.717) is 23.4 Å². The van der Waals surface area contributed by atoms with Gasteiger partial charge in [-0.2, -0.15) is 5.26 Å². The molecule has 0 aliphatic carbocycles. The normalized spacial score (nSPS) is 13.0. The zero-order valence-corrected chi connectivity index (χ0v) is 13.7. The van der Waals surface area contributed by atoms with Gasteiger partial charge in [-0.3, -0.25) is 4.79 Å². The Kier molecular flexibility index (Phi) is 4.71. The van der Waals surface area contributed by atoms with Gasteiger partial charge in [0.1, 0.15) is 0 Å². The van der Waals surface area contributed by atoms with Crippen LogP contribution in [0.2, 0.25) is 0 Å². The number of carbonyl (C=O) groups excluding carboxylic acids is 1. The van der Waals surface area contributed by atoms with E-state index in [9.17, 15) is 10.1 Å². The molecule has 0 radical (unpaired) electrons. The first-order chi connectivity index (χ1) is 10.9. The van der Waals surface area contributed by atoms with Crippen molar-refractivity contribution in [3.8, 4) is 6.07 Å². The van der Waals surface area contributed by atoms with Gasteiger partial charge >= 0.3 is 0 Å². The molecule has 23 heavy (non-hydrogen) atoms. The number of benzene rings is 2. The number of aryl methyl sites for hydroxylation is 1. The smallest absolute Gasteiger partial charge is 0.255 e. The summed E-state index contributed by atoms with van der Waals surface area (Å²) in [6.45, 7) is 5.76. The molecule has 1 atom stereocenters. The molecule has 2 rings (SSSR count). The minimum Gasteiger partial charge on any atom is -0.398 e. The van der Waals surface area contributed by atoms with E-state index in [1.165, 1.54) is 0 Å². The Balaban J connectivity index is 2.26. The number of nitrogens with one attached hydrogen (secondary N) is 1. The van der Waals surface area contributed by atoms with Crippen LogP contribution >= 0.6 is 0 Å². The quantitative estimate of drug-likeness (QED) is 0.837. The third-order valence-electron chi connectivity index (χ3n) is 4.25. The van der Waals surface area contributed by atoms with Crippen molar-refractivity contribution >= 4 is 17.3 Å². The van der Waals surface area contributed by atoms with E-state index in [0.717, 1.165) is 11.1 Å². The fourth-order valence-electron chi connectivity index (χ4n) is 2.27. The Hall–Kier alpha value is -2.80. The Morgan fingerprint density at radius 1 is 1.30 bits per heavy atom. The highest BCUT2D eigenvalue weighted by Gasteiger charge is 2.24. The van der Waals surface area contributed by atoms with E-state index < -0.39 is 5.41 Å². The molecule has 0 aliphatic heterocycles. The Bertz CT molecular complexity index is 776. The van der Waals surface area contributed by atoms with E-state index in [1.54, 1.807) is 24.3 Å². The zero-order chi connectivity index (χ0) is 17.0. The molecular formula is C19H21N3O. The topological polar surface area (TPSA) is 78.9 Å². The minimum atomic E-state index is -0.593. The van der Waals surface area contributed by atoms with Crippen LogP contribution in [0, 0.1) is 18.3 Å². The minimum absolute atomic E-state index is 0.216. The summed E-state index contributed by atoms with van der Waals surface area (Å²) in [6, 6.07) is 15.0. The monoisotopic (exact) mass is 307 g/mol. The van der Waals surface area contributed by atoms with E-state index in [2.05, 4.69) is 11.4 Å². The number of hydrogen-bond acceptors (Lipinski definition) is 3. The van der Waals surface area contributed by atoms with Crippen LogP contribution in [-0.4, -0.2) is 5.91 Å². The van der Waals surface area contributed by atoms with Crippen molar-refractivity contribution in [3.63, 3.8) is 0 Å². The van der Waals surface area contributed by atoms with E-state index in [1.807, 2.05) is 39.0 Å². The van der Waals surface area contributed by atoms with Crippen LogP contribution in [-0.2, 0) is 5.41 Å². The molecule has 3 N–H and O–H groups in total. The molecule has 118 valence electrons. The molecule has 0 fully saturated rings. The van der Waals surface area contributed by atoms with Crippen LogP contribution in [0.4, 0.5) is 11.4 Å². The van der Waals surface area contributed by atoms with E-state index in [-0.39, 0.29) is 5.91 Å². The van der Waals surface area contributed by atoms with Gasteiger partial charge in [0, 0.05) is 16.9 Å². The second kappa shape index (κ2) is 6.53. The van der Waals surface area contributed by atoms with Crippen molar-refractivity contribution in [2.24, 2.45) is 0 Å². The maximum Gasteiger partial charge on any atom is 0.255 e. The fourth-order valence-corrected chi connectivity index (χ4v) is 2.27. The molecule has 0 aromatic heterocycles. The maximum absolute atomic E-state index is 12.4. The summed E-state index contributed by atoms with van der Waals surface area (Å²) < 4.78 is 0. The number of nitrogens with zero attached hydrogens (tertiary/aromatic N) is 1. The molecule has 4 heteroatoms. The molecule has 0 spiro atoms. The van der Waals surface area contributed by atoms with Gasteiger partial charge in [0.2, 0.25) is 0 Å². The van der Waals surface area contributed by atoms with Crippen LogP contribution in [0.3, 0.4) is 0 Å². The van der Waals surface area contributed by atoms with Gasteiger partial charge in [-0.05, 0) is 55.7 Å². The third-order valence-corrected chi connectivity index (χ3v) is 4.25.